The van der Waals surface area contributed by atoms with Gasteiger partial charge in [0.15, 0.2) is 0 Å². The Labute approximate surface area is 274 Å². The van der Waals surface area contributed by atoms with E-state index in [0.717, 1.165) is 32.7 Å². The molecule has 0 heterocycles. The van der Waals surface area contributed by atoms with Gasteiger partial charge in [-0.3, -0.25) is 9.59 Å². The van der Waals surface area contributed by atoms with E-state index in [1.807, 2.05) is 62.4 Å². The summed E-state index contributed by atoms with van der Waals surface area (Å²) in [5.41, 5.74) is 13.9. The molecule has 0 aliphatic carbocycles. The van der Waals surface area contributed by atoms with Crippen molar-refractivity contribution in [2.45, 2.75) is 47.3 Å². The highest BCUT2D eigenvalue weighted by atomic mass is 16.6. The van der Waals surface area contributed by atoms with E-state index in [1.165, 1.54) is 14.2 Å². The molecule has 47 heavy (non-hydrogen) atoms. The van der Waals surface area contributed by atoms with Crippen molar-refractivity contribution in [3.63, 3.8) is 0 Å². The van der Waals surface area contributed by atoms with Gasteiger partial charge in [-0.1, -0.05) is 57.0 Å². The SMILES string of the molecule is C.C=C(C)[C@@H](OC(=O)c1cc(OC)cc2c(C)cccc12)C(N)=O.C=C(C)[C@H](OC(=O)c1cc(OC)cc2c(C)cccc12)C(N)=O. The van der Waals surface area contributed by atoms with E-state index in [0.29, 0.717) is 33.8 Å². The van der Waals surface area contributed by atoms with Crippen LogP contribution in [0.4, 0.5) is 0 Å². The number of esters is 2. The van der Waals surface area contributed by atoms with Crippen molar-refractivity contribution >= 4 is 45.3 Å². The molecule has 0 aliphatic rings. The molecule has 0 fully saturated rings. The summed E-state index contributed by atoms with van der Waals surface area (Å²) in [6.45, 7) is 14.3. The minimum absolute atomic E-state index is 0. The van der Waals surface area contributed by atoms with E-state index in [2.05, 4.69) is 13.2 Å². The van der Waals surface area contributed by atoms with E-state index in [1.54, 1.807) is 26.0 Å². The Bertz CT molecular complexity index is 1700. The minimum atomic E-state index is -1.16. The average Bonchev–Trinajstić information content (AvgIpc) is 3.01. The number of amides is 2. The second-order valence-corrected chi connectivity index (χ2v) is 10.8. The molecule has 0 spiro atoms. The number of aryl methyl sites for hydroxylation is 2. The highest BCUT2D eigenvalue weighted by Crippen LogP contribution is 2.30. The highest BCUT2D eigenvalue weighted by molar-refractivity contribution is 6.08. The van der Waals surface area contributed by atoms with Gasteiger partial charge in [0, 0.05) is 0 Å². The Morgan fingerprint density at radius 1 is 0.617 bits per heavy atom. The third-order valence-electron chi connectivity index (χ3n) is 7.15. The molecule has 10 heteroatoms. The molecule has 0 saturated heterocycles. The number of carbonyl (C=O) groups excluding carboxylic acids is 4. The van der Waals surface area contributed by atoms with Crippen molar-refractivity contribution in [3.05, 3.63) is 107 Å². The van der Waals surface area contributed by atoms with Gasteiger partial charge in [-0.15, -0.1) is 0 Å². The van der Waals surface area contributed by atoms with Crippen LogP contribution in [0.2, 0.25) is 0 Å². The molecule has 0 aliphatic heterocycles. The lowest BCUT2D eigenvalue weighted by Gasteiger charge is -2.16. The maximum Gasteiger partial charge on any atom is 0.340 e. The van der Waals surface area contributed by atoms with Crippen LogP contribution in [0.1, 0.15) is 53.1 Å². The molecule has 0 unspecified atom stereocenters. The topological polar surface area (TPSA) is 157 Å². The highest BCUT2D eigenvalue weighted by Gasteiger charge is 2.25. The van der Waals surface area contributed by atoms with E-state index >= 15 is 0 Å². The molecule has 4 aromatic rings. The maximum atomic E-state index is 12.5. The number of fused-ring (bicyclic) bond motifs is 2. The Morgan fingerprint density at radius 2 is 0.957 bits per heavy atom. The Hall–Kier alpha value is -5.64. The first-order valence-electron chi connectivity index (χ1n) is 14.2. The average molecular weight is 643 g/mol. The van der Waals surface area contributed by atoms with Crippen LogP contribution in [0.15, 0.2) is 85.0 Å². The van der Waals surface area contributed by atoms with Crippen LogP contribution < -0.4 is 20.9 Å². The molecule has 4 aromatic carbocycles. The third-order valence-corrected chi connectivity index (χ3v) is 7.15. The van der Waals surface area contributed by atoms with Gasteiger partial charge < -0.3 is 30.4 Å². The van der Waals surface area contributed by atoms with Crippen LogP contribution in [-0.4, -0.2) is 50.2 Å². The lowest BCUT2D eigenvalue weighted by atomic mass is 10.00. The number of methoxy groups -OCH3 is 2. The van der Waals surface area contributed by atoms with E-state index in [-0.39, 0.29) is 7.43 Å². The smallest absolute Gasteiger partial charge is 0.340 e. The van der Waals surface area contributed by atoms with Crippen molar-refractivity contribution in [1.29, 1.82) is 0 Å². The molecular formula is C37H42N2O8. The van der Waals surface area contributed by atoms with Crippen molar-refractivity contribution in [1.82, 2.24) is 0 Å². The Kier molecular flexibility index (Phi) is 12.8. The second kappa shape index (κ2) is 16.1. The molecule has 2 atom stereocenters. The molecule has 4 N–H and O–H groups in total. The summed E-state index contributed by atoms with van der Waals surface area (Å²) >= 11 is 0. The third kappa shape index (κ3) is 8.76. The molecule has 10 nitrogen and oxygen atoms in total. The number of primary amides is 2. The van der Waals surface area contributed by atoms with Gasteiger partial charge in [-0.25, -0.2) is 9.59 Å². The monoisotopic (exact) mass is 642 g/mol. The van der Waals surface area contributed by atoms with Crippen molar-refractivity contribution in [3.8, 4) is 11.5 Å². The van der Waals surface area contributed by atoms with Gasteiger partial charge in [-0.2, -0.15) is 0 Å². The molecular weight excluding hydrogens is 600 g/mol. The molecule has 0 radical (unpaired) electrons. The van der Waals surface area contributed by atoms with Gasteiger partial charge in [0.1, 0.15) is 11.5 Å². The Balaban J connectivity index is 0.000000320. The summed E-state index contributed by atoms with van der Waals surface area (Å²) in [7, 11) is 3.04. The summed E-state index contributed by atoms with van der Waals surface area (Å²) in [6, 6.07) is 18.1. The van der Waals surface area contributed by atoms with Gasteiger partial charge in [0.05, 0.1) is 25.3 Å². The quantitative estimate of drug-likeness (QED) is 0.155. The van der Waals surface area contributed by atoms with Crippen LogP contribution >= 0.6 is 0 Å². The van der Waals surface area contributed by atoms with Crippen LogP contribution in [0, 0.1) is 13.8 Å². The van der Waals surface area contributed by atoms with Crippen LogP contribution in [0.3, 0.4) is 0 Å². The molecule has 248 valence electrons. The summed E-state index contributed by atoms with van der Waals surface area (Å²) < 4.78 is 21.0. The van der Waals surface area contributed by atoms with E-state index in [9.17, 15) is 19.2 Å². The van der Waals surface area contributed by atoms with Crippen LogP contribution in [0.25, 0.3) is 21.5 Å². The second-order valence-electron chi connectivity index (χ2n) is 10.8. The predicted octanol–water partition coefficient (Wildman–Crippen LogP) is 6.12. The number of benzene rings is 4. The molecule has 0 saturated carbocycles. The number of nitrogens with two attached hydrogens (primary N) is 2. The number of hydrogen-bond acceptors (Lipinski definition) is 8. The zero-order valence-corrected chi connectivity index (χ0v) is 26.8. The largest absolute Gasteiger partial charge is 0.497 e. The lowest BCUT2D eigenvalue weighted by molar-refractivity contribution is -0.125. The molecule has 2 amide bonds. The fraction of sp³-hybridized carbons (Fsp3) is 0.243. The summed E-state index contributed by atoms with van der Waals surface area (Å²) in [5.74, 6) is -1.74. The first kappa shape index (κ1) is 37.5. The minimum Gasteiger partial charge on any atom is -0.497 e. The number of ether oxygens (including phenoxy) is 4. The first-order valence-corrected chi connectivity index (χ1v) is 14.2. The normalized spacial score (nSPS) is 11.5. The van der Waals surface area contributed by atoms with Gasteiger partial charge in [0.2, 0.25) is 12.2 Å². The van der Waals surface area contributed by atoms with Crippen LogP contribution in [-0.2, 0) is 19.1 Å². The molecule has 4 rings (SSSR count). The number of carbonyl (C=O) groups is 4. The number of rotatable bonds is 10. The predicted molar refractivity (Wildman–Crippen MR) is 184 cm³/mol. The fourth-order valence-electron chi connectivity index (χ4n) is 4.74. The van der Waals surface area contributed by atoms with Gasteiger partial charge in [0.25, 0.3) is 11.8 Å². The van der Waals surface area contributed by atoms with Gasteiger partial charge >= 0.3 is 11.9 Å². The zero-order valence-electron chi connectivity index (χ0n) is 26.8. The molecule has 0 aromatic heterocycles. The maximum absolute atomic E-state index is 12.5. The van der Waals surface area contributed by atoms with Gasteiger partial charge in [-0.05, 0) is 95.8 Å². The standard InChI is InChI=1S/2C18H19NO4.CH4/c2*1-10(2)16(17(19)20)23-18(21)15-9-12(22-4)8-14-11(3)6-5-7-13(14)15;/h2*5-9,16H,1H2,2-4H3,(H2,19,20);1H4/t2*16-;/m10./s1. The summed E-state index contributed by atoms with van der Waals surface area (Å²) in [6.07, 6.45) is -2.32. The van der Waals surface area contributed by atoms with Crippen LogP contribution in [0.5, 0.6) is 11.5 Å². The summed E-state index contributed by atoms with van der Waals surface area (Å²) in [5, 5.41) is 3.20. The fourth-order valence-corrected chi connectivity index (χ4v) is 4.74. The summed E-state index contributed by atoms with van der Waals surface area (Å²) in [4.78, 5) is 47.9. The number of hydrogen-bond donors (Lipinski definition) is 2. The Morgan fingerprint density at radius 3 is 1.23 bits per heavy atom. The first-order chi connectivity index (χ1) is 21.7. The zero-order chi connectivity index (χ0) is 34.3. The van der Waals surface area contributed by atoms with Crippen molar-refractivity contribution in [2.24, 2.45) is 11.5 Å². The molecule has 0 bridgehead atoms. The van der Waals surface area contributed by atoms with E-state index in [4.69, 9.17) is 30.4 Å². The van der Waals surface area contributed by atoms with Crippen molar-refractivity contribution in [2.75, 3.05) is 14.2 Å². The lowest BCUT2D eigenvalue weighted by Crippen LogP contribution is -2.34. The van der Waals surface area contributed by atoms with Crippen molar-refractivity contribution < 1.29 is 38.1 Å². The van der Waals surface area contributed by atoms with E-state index < -0.39 is 36.0 Å².